The molecule has 0 spiro atoms. The predicted octanol–water partition coefficient (Wildman–Crippen LogP) is 1.35. The summed E-state index contributed by atoms with van der Waals surface area (Å²) in [5, 5.41) is 17.5. The van der Waals surface area contributed by atoms with Crippen LogP contribution in [0.5, 0.6) is 0 Å². The van der Waals surface area contributed by atoms with E-state index in [0.29, 0.717) is 0 Å². The Kier molecular flexibility index (Phi) is 6.47. The summed E-state index contributed by atoms with van der Waals surface area (Å²) in [5.41, 5.74) is 0. The van der Waals surface area contributed by atoms with Gasteiger partial charge in [0.2, 0.25) is 0 Å². The van der Waals surface area contributed by atoms with Crippen molar-refractivity contribution in [1.29, 1.82) is 0 Å². The average Bonchev–Trinajstić information content (AvgIpc) is 2.30. The molecule has 0 aromatic carbocycles. The molecule has 0 saturated carbocycles. The molecule has 2 unspecified atom stereocenters. The Morgan fingerprint density at radius 3 is 2.00 bits per heavy atom. The zero-order valence-electron chi connectivity index (χ0n) is 11.0. The molecule has 116 valence electrons. The summed E-state index contributed by atoms with van der Waals surface area (Å²) < 4.78 is 37.4. The number of aliphatic carboxylic acids is 2. The van der Waals surface area contributed by atoms with E-state index in [4.69, 9.17) is 10.2 Å². The van der Waals surface area contributed by atoms with E-state index in [9.17, 15) is 27.6 Å². The van der Waals surface area contributed by atoms with Crippen LogP contribution in [-0.2, 0) is 14.4 Å². The largest absolute Gasteiger partial charge is 0.481 e. The van der Waals surface area contributed by atoms with E-state index in [-0.39, 0.29) is 11.3 Å². The highest BCUT2D eigenvalue weighted by Crippen LogP contribution is 2.24. The fourth-order valence-electron chi connectivity index (χ4n) is 1.65. The number of hydrogen-bond donors (Lipinski definition) is 2. The van der Waals surface area contributed by atoms with E-state index >= 15 is 0 Å². The van der Waals surface area contributed by atoms with Gasteiger partial charge in [-0.15, -0.1) is 0 Å². The number of carbonyl (C=O) groups excluding carboxylic acids is 1. The highest BCUT2D eigenvalue weighted by molar-refractivity contribution is 5.87. The fraction of sp³-hybridized carbons (Fsp3) is 0.727. The first-order valence-corrected chi connectivity index (χ1v) is 5.84. The second-order valence-electron chi connectivity index (χ2n) is 4.31. The van der Waals surface area contributed by atoms with Crippen LogP contribution >= 0.6 is 0 Å². The number of carboxylic acid groups (broad SMARTS) is 2. The van der Waals surface area contributed by atoms with E-state index in [1.165, 1.54) is 6.92 Å². The SMILES string of the molecule is CCC(C)C(C(=O)O)N(CCC(=O)O)C(=O)C(F)(F)F. The lowest BCUT2D eigenvalue weighted by Crippen LogP contribution is -2.53. The fourth-order valence-corrected chi connectivity index (χ4v) is 1.65. The van der Waals surface area contributed by atoms with Crippen molar-refractivity contribution in [1.82, 2.24) is 4.90 Å². The van der Waals surface area contributed by atoms with Crippen LogP contribution in [-0.4, -0.2) is 51.7 Å². The summed E-state index contributed by atoms with van der Waals surface area (Å²) in [6.07, 6.45) is -5.78. The highest BCUT2D eigenvalue weighted by atomic mass is 19.4. The van der Waals surface area contributed by atoms with Crippen LogP contribution < -0.4 is 0 Å². The minimum atomic E-state index is -5.25. The molecule has 0 aromatic heterocycles. The summed E-state index contributed by atoms with van der Waals surface area (Å²) in [5.74, 6) is -6.10. The maximum absolute atomic E-state index is 12.5. The number of halogens is 3. The summed E-state index contributed by atoms with van der Waals surface area (Å²) in [6.45, 7) is 2.14. The van der Waals surface area contributed by atoms with Gasteiger partial charge in [0.25, 0.3) is 0 Å². The third kappa shape index (κ3) is 5.06. The summed E-state index contributed by atoms with van der Waals surface area (Å²) in [6, 6.07) is -1.71. The lowest BCUT2D eigenvalue weighted by atomic mass is 9.97. The minimum absolute atomic E-state index is 0.0740. The molecule has 0 bridgehead atoms. The number of carbonyl (C=O) groups is 3. The Balaban J connectivity index is 5.40. The molecule has 0 aliphatic carbocycles. The summed E-state index contributed by atoms with van der Waals surface area (Å²) >= 11 is 0. The van der Waals surface area contributed by atoms with Crippen LogP contribution in [0.2, 0.25) is 0 Å². The molecule has 0 heterocycles. The maximum atomic E-state index is 12.5. The Morgan fingerprint density at radius 2 is 1.70 bits per heavy atom. The van der Waals surface area contributed by atoms with Gasteiger partial charge in [-0.3, -0.25) is 9.59 Å². The van der Waals surface area contributed by atoms with Crippen LogP contribution in [0.1, 0.15) is 26.7 Å². The van der Waals surface area contributed by atoms with Gasteiger partial charge in [-0.1, -0.05) is 20.3 Å². The van der Waals surface area contributed by atoms with Crippen LogP contribution in [0.25, 0.3) is 0 Å². The molecule has 0 rings (SSSR count). The quantitative estimate of drug-likeness (QED) is 0.740. The monoisotopic (exact) mass is 299 g/mol. The smallest absolute Gasteiger partial charge is 0.471 e. The molecular formula is C11H16F3NO5. The topological polar surface area (TPSA) is 94.9 Å². The molecule has 2 atom stereocenters. The van der Waals surface area contributed by atoms with Gasteiger partial charge in [0.1, 0.15) is 6.04 Å². The van der Waals surface area contributed by atoms with Crippen molar-refractivity contribution in [3.63, 3.8) is 0 Å². The number of nitrogens with zero attached hydrogens (tertiary/aromatic N) is 1. The number of alkyl halides is 3. The van der Waals surface area contributed by atoms with E-state index in [1.807, 2.05) is 0 Å². The minimum Gasteiger partial charge on any atom is -0.481 e. The molecule has 0 saturated heterocycles. The Bertz CT molecular complexity index is 383. The molecule has 0 aliphatic heterocycles. The van der Waals surface area contributed by atoms with Crippen molar-refractivity contribution in [2.45, 2.75) is 38.9 Å². The first-order chi connectivity index (χ1) is 9.02. The predicted molar refractivity (Wildman–Crippen MR) is 60.9 cm³/mol. The summed E-state index contributed by atoms with van der Waals surface area (Å²) in [7, 11) is 0. The zero-order chi connectivity index (χ0) is 16.1. The second-order valence-corrected chi connectivity index (χ2v) is 4.31. The van der Waals surface area contributed by atoms with Gasteiger partial charge in [-0.05, 0) is 5.92 Å². The standard InChI is InChI=1S/C11H16F3NO5/c1-3-6(2)8(9(18)19)15(5-4-7(16)17)10(20)11(12,13)14/h6,8H,3-5H2,1-2H3,(H,16,17)(H,18,19). The lowest BCUT2D eigenvalue weighted by Gasteiger charge is -2.32. The first-order valence-electron chi connectivity index (χ1n) is 5.84. The molecule has 1 amide bonds. The Hall–Kier alpha value is -1.80. The van der Waals surface area contributed by atoms with Gasteiger partial charge in [0.05, 0.1) is 6.42 Å². The second kappa shape index (κ2) is 7.11. The molecule has 9 heteroatoms. The zero-order valence-corrected chi connectivity index (χ0v) is 11.0. The van der Waals surface area contributed by atoms with Crippen molar-refractivity contribution in [2.24, 2.45) is 5.92 Å². The van der Waals surface area contributed by atoms with Crippen molar-refractivity contribution in [3.05, 3.63) is 0 Å². The van der Waals surface area contributed by atoms with E-state index in [1.54, 1.807) is 6.92 Å². The van der Waals surface area contributed by atoms with Crippen LogP contribution in [0, 0.1) is 5.92 Å². The van der Waals surface area contributed by atoms with E-state index in [0.717, 1.165) is 0 Å². The normalized spacial score (nSPS) is 14.4. The van der Waals surface area contributed by atoms with Gasteiger partial charge in [-0.2, -0.15) is 13.2 Å². The third-order valence-corrected chi connectivity index (χ3v) is 2.84. The van der Waals surface area contributed by atoms with Crippen LogP contribution in [0.4, 0.5) is 13.2 Å². The van der Waals surface area contributed by atoms with Crippen LogP contribution in [0.3, 0.4) is 0 Å². The number of amides is 1. The molecular weight excluding hydrogens is 283 g/mol. The molecule has 0 aliphatic rings. The van der Waals surface area contributed by atoms with Crippen molar-refractivity contribution in [2.75, 3.05) is 6.54 Å². The number of hydrogen-bond acceptors (Lipinski definition) is 3. The molecule has 20 heavy (non-hydrogen) atoms. The van der Waals surface area contributed by atoms with Crippen molar-refractivity contribution >= 4 is 17.8 Å². The summed E-state index contributed by atoms with van der Waals surface area (Å²) in [4.78, 5) is 32.9. The average molecular weight is 299 g/mol. The van der Waals surface area contributed by atoms with Crippen molar-refractivity contribution < 1.29 is 37.8 Å². The maximum Gasteiger partial charge on any atom is 0.471 e. The number of carboxylic acids is 2. The van der Waals surface area contributed by atoms with Gasteiger partial charge in [0, 0.05) is 6.54 Å². The van der Waals surface area contributed by atoms with Crippen molar-refractivity contribution in [3.8, 4) is 0 Å². The third-order valence-electron chi connectivity index (χ3n) is 2.84. The number of rotatable bonds is 7. The van der Waals surface area contributed by atoms with Gasteiger partial charge < -0.3 is 15.1 Å². The first kappa shape index (κ1) is 18.2. The Morgan fingerprint density at radius 1 is 1.20 bits per heavy atom. The van der Waals surface area contributed by atoms with E-state index in [2.05, 4.69) is 0 Å². The van der Waals surface area contributed by atoms with Gasteiger partial charge in [-0.25, -0.2) is 4.79 Å². The van der Waals surface area contributed by atoms with E-state index < -0.39 is 48.9 Å². The van der Waals surface area contributed by atoms with Gasteiger partial charge in [0.15, 0.2) is 0 Å². The molecule has 0 radical (unpaired) electrons. The molecule has 6 nitrogen and oxygen atoms in total. The Labute approximate surface area is 113 Å². The molecule has 0 aromatic rings. The van der Waals surface area contributed by atoms with Gasteiger partial charge >= 0.3 is 24.0 Å². The lowest BCUT2D eigenvalue weighted by molar-refractivity contribution is -0.191. The molecule has 0 fully saturated rings. The molecule has 2 N–H and O–H groups in total. The van der Waals surface area contributed by atoms with Crippen LogP contribution in [0.15, 0.2) is 0 Å². The highest BCUT2D eigenvalue weighted by Gasteiger charge is 2.47.